The molecule has 0 bridgehead atoms. The molecule has 0 saturated carbocycles. The van der Waals surface area contributed by atoms with Gasteiger partial charge in [-0.1, -0.05) is 0 Å². The number of hydrogen-bond donors (Lipinski definition) is 1. The molecule has 0 aliphatic carbocycles. The minimum atomic E-state index is -3.66. The zero-order valence-corrected chi connectivity index (χ0v) is 9.91. The van der Waals surface area contributed by atoms with E-state index in [9.17, 15) is 4.57 Å². The van der Waals surface area contributed by atoms with Crippen molar-refractivity contribution in [3.63, 3.8) is 0 Å². The van der Waals surface area contributed by atoms with Crippen LogP contribution < -0.4 is 5.09 Å². The molecule has 1 atom stereocenters. The third-order valence-electron chi connectivity index (χ3n) is 1.68. The Kier molecular flexibility index (Phi) is 3.55. The van der Waals surface area contributed by atoms with Gasteiger partial charge in [0.2, 0.25) is 0 Å². The summed E-state index contributed by atoms with van der Waals surface area (Å²) < 4.78 is 48.4. The second kappa shape index (κ2) is 6.31. The first-order chi connectivity index (χ1) is 8.15. The quantitative estimate of drug-likeness (QED) is 0.611. The number of nitrogens with one attached hydrogen (secondary N) is 1. The Hall–Kier alpha value is 0.690. The minimum absolute atomic E-state index is 0.0263. The van der Waals surface area contributed by atoms with Gasteiger partial charge in [0.05, 0.1) is 6.61 Å². The number of nitrogens with zero attached hydrogens (tertiary/aromatic N) is 1. The molecule has 0 aromatic carbocycles. The Morgan fingerprint density at radius 3 is 2.93 bits per heavy atom. The molecule has 0 spiro atoms. The first-order valence-electron chi connectivity index (χ1n) is 6.18. The van der Waals surface area contributed by atoms with Crippen LogP contribution in [0, 0.1) is 0 Å². The number of rotatable bonds is 5. The van der Waals surface area contributed by atoms with Crippen molar-refractivity contribution >= 4 is 30.9 Å². The topological polar surface area (TPSA) is 41.6 Å². The minimum Gasteiger partial charge on any atom is -0.306 e. The van der Waals surface area contributed by atoms with Crippen molar-refractivity contribution in [1.82, 2.24) is 9.76 Å². The standard InChI is InChI=1S/C7H15Cl2N2O2P/c8-2-5-11(6-3-9)14(12)10-4-1-7-13-14/h1-7H2,(H,10,12)/i2T2,5T2. The first kappa shape index (κ1) is 7.88. The molecule has 1 fully saturated rings. The predicted molar refractivity (Wildman–Crippen MR) is 59.2 cm³/mol. The third kappa shape index (κ3) is 3.37. The molecule has 1 unspecified atom stereocenters. The lowest BCUT2D eigenvalue weighted by Gasteiger charge is -2.33. The summed E-state index contributed by atoms with van der Waals surface area (Å²) in [6.45, 7) is -2.21. The smallest absolute Gasteiger partial charge is 0.306 e. The molecule has 1 aliphatic heterocycles. The van der Waals surface area contributed by atoms with E-state index in [-0.39, 0.29) is 19.0 Å². The molecule has 0 amide bonds. The van der Waals surface area contributed by atoms with Gasteiger partial charge in [-0.25, -0.2) is 9.76 Å². The van der Waals surface area contributed by atoms with Gasteiger partial charge < -0.3 is 4.52 Å². The molecule has 0 radical (unpaired) electrons. The van der Waals surface area contributed by atoms with Crippen LogP contribution in [0.2, 0.25) is 0 Å². The molecule has 1 N–H and O–H groups in total. The van der Waals surface area contributed by atoms with Crippen LogP contribution in [-0.4, -0.2) is 42.6 Å². The molecule has 1 heterocycles. The third-order valence-corrected chi connectivity index (χ3v) is 4.03. The van der Waals surface area contributed by atoms with Crippen LogP contribution >= 0.6 is 30.9 Å². The highest BCUT2D eigenvalue weighted by Gasteiger charge is 2.32. The maximum atomic E-state index is 12.5. The fourth-order valence-electron chi connectivity index (χ4n) is 1.06. The lowest BCUT2D eigenvalue weighted by atomic mass is 10.5. The summed E-state index contributed by atoms with van der Waals surface area (Å²) in [6, 6.07) is 0. The highest BCUT2D eigenvalue weighted by atomic mass is 35.5. The van der Waals surface area contributed by atoms with Crippen molar-refractivity contribution in [3.8, 4) is 0 Å². The van der Waals surface area contributed by atoms with E-state index in [2.05, 4.69) is 5.09 Å². The van der Waals surface area contributed by atoms with Gasteiger partial charge in [0.25, 0.3) is 0 Å². The van der Waals surface area contributed by atoms with Crippen LogP contribution in [0.4, 0.5) is 0 Å². The van der Waals surface area contributed by atoms with E-state index in [4.69, 9.17) is 33.2 Å². The molecule has 84 valence electrons. The molecule has 14 heavy (non-hydrogen) atoms. The lowest BCUT2D eigenvalue weighted by Crippen LogP contribution is -2.35. The SMILES string of the molecule is [3H]C([3H])(Cl)C([3H])([3H])N(CCCl)P1(=O)NCCCO1. The summed E-state index contributed by atoms with van der Waals surface area (Å²) in [5, 5.41) is 2.59. The number of hydrogen-bond acceptors (Lipinski definition) is 2. The number of alkyl halides is 2. The molecule has 7 heteroatoms. The molecule has 1 rings (SSSR count). The van der Waals surface area contributed by atoms with Gasteiger partial charge in [-0.2, -0.15) is 0 Å². The first-order valence-corrected chi connectivity index (χ1v) is 6.67. The van der Waals surface area contributed by atoms with Crippen LogP contribution in [0.25, 0.3) is 0 Å². The predicted octanol–water partition coefficient (Wildman–Crippen LogP) is 1.88. The lowest BCUT2D eigenvalue weighted by molar-refractivity contribution is 0.233. The summed E-state index contributed by atoms with van der Waals surface area (Å²) >= 11 is 11.0. The second-order valence-electron chi connectivity index (χ2n) is 2.63. The van der Waals surface area contributed by atoms with E-state index in [0.717, 1.165) is 4.67 Å². The Bertz CT molecular complexity index is 332. The van der Waals surface area contributed by atoms with Crippen molar-refractivity contribution < 1.29 is 14.6 Å². The van der Waals surface area contributed by atoms with E-state index < -0.39 is 20.0 Å². The average molecular weight is 269 g/mol. The van der Waals surface area contributed by atoms with Crippen molar-refractivity contribution in [3.05, 3.63) is 0 Å². The summed E-state index contributed by atoms with van der Waals surface area (Å²) in [5.41, 5.74) is 0. The Balaban J connectivity index is 3.05. The van der Waals surface area contributed by atoms with Crippen molar-refractivity contribution in [2.24, 2.45) is 0 Å². The molecule has 1 saturated heterocycles. The van der Waals surface area contributed by atoms with E-state index in [1.807, 2.05) is 0 Å². The van der Waals surface area contributed by atoms with Crippen molar-refractivity contribution in [2.45, 2.75) is 6.42 Å². The molecule has 0 aromatic rings. The molecule has 0 aromatic heterocycles. The fraction of sp³-hybridized carbons (Fsp3) is 1.00. The second-order valence-corrected chi connectivity index (χ2v) is 5.30. The van der Waals surface area contributed by atoms with Gasteiger partial charge in [-0.3, -0.25) is 4.57 Å². The largest absolute Gasteiger partial charge is 0.343 e. The van der Waals surface area contributed by atoms with Crippen LogP contribution in [0.15, 0.2) is 0 Å². The van der Waals surface area contributed by atoms with Gasteiger partial charge in [-0.05, 0) is 6.42 Å². The van der Waals surface area contributed by atoms with Crippen LogP contribution in [0.1, 0.15) is 11.9 Å². The van der Waals surface area contributed by atoms with Crippen molar-refractivity contribution in [2.75, 3.05) is 37.9 Å². The maximum absolute atomic E-state index is 12.5. The van der Waals surface area contributed by atoms with E-state index in [1.165, 1.54) is 0 Å². The Labute approximate surface area is 100 Å². The van der Waals surface area contributed by atoms with Crippen LogP contribution in [-0.2, 0) is 9.09 Å². The zero-order valence-electron chi connectivity index (χ0n) is 11.5. The molecular weight excluding hydrogens is 246 g/mol. The maximum Gasteiger partial charge on any atom is 0.343 e. The van der Waals surface area contributed by atoms with Gasteiger partial charge in [0, 0.05) is 36.8 Å². The fourth-order valence-corrected chi connectivity index (χ4v) is 3.28. The monoisotopic (exact) mass is 268 g/mol. The van der Waals surface area contributed by atoms with Gasteiger partial charge in [0.15, 0.2) is 0 Å². The normalized spacial score (nSPS) is 34.5. The summed E-state index contributed by atoms with van der Waals surface area (Å²) in [5.74, 6) is -2.75. The van der Waals surface area contributed by atoms with E-state index in [0.29, 0.717) is 13.0 Å². The summed E-state index contributed by atoms with van der Waals surface area (Å²) in [4.78, 5) is 0. The Morgan fingerprint density at radius 2 is 2.43 bits per heavy atom. The highest BCUT2D eigenvalue weighted by Crippen LogP contribution is 2.47. The number of halogens is 2. The Morgan fingerprint density at radius 1 is 1.64 bits per heavy atom. The van der Waals surface area contributed by atoms with Gasteiger partial charge in [-0.15, -0.1) is 23.2 Å². The van der Waals surface area contributed by atoms with E-state index in [1.54, 1.807) is 0 Å². The van der Waals surface area contributed by atoms with Crippen LogP contribution in [0.3, 0.4) is 0 Å². The van der Waals surface area contributed by atoms with Gasteiger partial charge in [0.1, 0.15) is 0 Å². The molecule has 4 nitrogen and oxygen atoms in total. The zero-order chi connectivity index (χ0) is 14.0. The molecular formula is C7H15Cl2N2O2P. The van der Waals surface area contributed by atoms with E-state index >= 15 is 0 Å². The highest BCUT2D eigenvalue weighted by molar-refractivity contribution is 7.54. The van der Waals surface area contributed by atoms with Crippen LogP contribution in [0.5, 0.6) is 0 Å². The van der Waals surface area contributed by atoms with Gasteiger partial charge >= 0.3 is 7.67 Å². The molecule has 1 aliphatic rings. The van der Waals surface area contributed by atoms with Crippen molar-refractivity contribution in [1.29, 1.82) is 0 Å². The average Bonchev–Trinajstić information content (AvgIpc) is 2.25. The summed E-state index contributed by atoms with van der Waals surface area (Å²) in [6.07, 6.45) is 0.648. The summed E-state index contributed by atoms with van der Waals surface area (Å²) in [7, 11) is -3.66.